The van der Waals surface area contributed by atoms with E-state index in [0.29, 0.717) is 6.54 Å². The molecule has 5 nitrogen and oxygen atoms in total. The van der Waals surface area contributed by atoms with Gasteiger partial charge < -0.3 is 15.7 Å². The van der Waals surface area contributed by atoms with E-state index in [9.17, 15) is 9.59 Å². The van der Waals surface area contributed by atoms with E-state index < -0.39 is 12.0 Å². The molecule has 1 aromatic rings. The summed E-state index contributed by atoms with van der Waals surface area (Å²) in [6, 6.07) is 3.72. The monoisotopic (exact) mass is 316 g/mol. The molecule has 0 saturated carbocycles. The van der Waals surface area contributed by atoms with Crippen LogP contribution < -0.4 is 10.6 Å². The second-order valence-corrected chi connectivity index (χ2v) is 6.69. The van der Waals surface area contributed by atoms with Gasteiger partial charge in [-0.15, -0.1) is 0 Å². The van der Waals surface area contributed by atoms with Crippen molar-refractivity contribution in [1.29, 1.82) is 0 Å². The highest BCUT2D eigenvalue weighted by molar-refractivity contribution is 7.99. The summed E-state index contributed by atoms with van der Waals surface area (Å²) in [5.74, 6) is -1.08. The molecule has 0 aliphatic rings. The van der Waals surface area contributed by atoms with Gasteiger partial charge in [-0.2, -0.15) is 11.8 Å². The molecule has 0 aromatic heterocycles. The van der Waals surface area contributed by atoms with Crippen molar-refractivity contribution in [3.8, 4) is 0 Å². The molecule has 0 saturated heterocycles. The van der Waals surface area contributed by atoms with Crippen molar-refractivity contribution in [2.45, 2.75) is 18.6 Å². The maximum Gasteiger partial charge on any atom is 0.335 e. The van der Waals surface area contributed by atoms with Gasteiger partial charge in [0, 0.05) is 11.3 Å². The molecule has 3 N–H and O–H groups in total. The van der Waals surface area contributed by atoms with Gasteiger partial charge >= 0.3 is 12.0 Å². The lowest BCUT2D eigenvalue weighted by Gasteiger charge is -2.22. The average Bonchev–Trinajstić information content (AvgIpc) is 2.39. The third-order valence-electron chi connectivity index (χ3n) is 2.69. The van der Waals surface area contributed by atoms with Gasteiger partial charge in [0.05, 0.1) is 16.3 Å². The Morgan fingerprint density at radius 1 is 1.40 bits per heavy atom. The second kappa shape index (κ2) is 6.85. The van der Waals surface area contributed by atoms with Crippen LogP contribution in [0.2, 0.25) is 5.02 Å². The third-order valence-corrected chi connectivity index (χ3v) is 4.27. The zero-order valence-corrected chi connectivity index (χ0v) is 13.1. The van der Waals surface area contributed by atoms with E-state index in [1.165, 1.54) is 18.2 Å². The van der Waals surface area contributed by atoms with Crippen LogP contribution in [0.1, 0.15) is 24.2 Å². The summed E-state index contributed by atoms with van der Waals surface area (Å²) >= 11 is 7.56. The number of nitrogens with one attached hydrogen (secondary N) is 2. The number of thioether (sulfide) groups is 1. The van der Waals surface area contributed by atoms with Crippen LogP contribution in [0.25, 0.3) is 0 Å². The van der Waals surface area contributed by atoms with Crippen LogP contribution in [-0.2, 0) is 0 Å². The Labute approximate surface area is 127 Å². The number of amides is 2. The molecule has 110 valence electrons. The minimum absolute atomic E-state index is 0.0640. The summed E-state index contributed by atoms with van der Waals surface area (Å²) in [6.45, 7) is 4.50. The van der Waals surface area contributed by atoms with Gasteiger partial charge in [0.25, 0.3) is 0 Å². The fraction of sp³-hybridized carbons (Fsp3) is 0.385. The highest BCUT2D eigenvalue weighted by Gasteiger charge is 2.17. The lowest BCUT2D eigenvalue weighted by atomic mass is 10.2. The molecular weight excluding hydrogens is 300 g/mol. The Hall–Kier alpha value is -1.40. The van der Waals surface area contributed by atoms with Crippen LogP contribution in [0.15, 0.2) is 18.2 Å². The van der Waals surface area contributed by atoms with Gasteiger partial charge in [0.15, 0.2) is 0 Å². The Bertz CT molecular complexity index is 520. The number of hydrogen-bond donors (Lipinski definition) is 3. The lowest BCUT2D eigenvalue weighted by Crippen LogP contribution is -2.38. The molecule has 7 heteroatoms. The summed E-state index contributed by atoms with van der Waals surface area (Å²) in [5.41, 5.74) is 0.333. The quantitative estimate of drug-likeness (QED) is 0.778. The van der Waals surface area contributed by atoms with Crippen LogP contribution in [0.5, 0.6) is 0 Å². The molecule has 0 unspecified atom stereocenters. The topological polar surface area (TPSA) is 78.4 Å². The number of benzene rings is 1. The first-order valence-electron chi connectivity index (χ1n) is 5.88. The highest BCUT2D eigenvalue weighted by atomic mass is 35.5. The fourth-order valence-electron chi connectivity index (χ4n) is 1.29. The highest BCUT2D eigenvalue weighted by Crippen LogP contribution is 2.23. The van der Waals surface area contributed by atoms with Gasteiger partial charge in [0.2, 0.25) is 0 Å². The number of hydrogen-bond acceptors (Lipinski definition) is 3. The molecular formula is C13H17ClN2O3S. The predicted octanol–water partition coefficient (Wildman–Crippen LogP) is 3.30. The molecule has 0 aliphatic carbocycles. The van der Waals surface area contributed by atoms with Gasteiger partial charge in [-0.3, -0.25) is 0 Å². The van der Waals surface area contributed by atoms with Crippen molar-refractivity contribution < 1.29 is 14.7 Å². The first kappa shape index (κ1) is 16.7. The first-order chi connectivity index (χ1) is 9.25. The standard InChI is InChI=1S/C13H17ClN2O3S/c1-13(2,20-3)7-15-12(19)16-10-6-8(11(17)18)4-5-9(10)14/h4-6H,7H2,1-3H3,(H,17,18)(H2,15,16,19). The van der Waals surface area contributed by atoms with E-state index in [-0.39, 0.29) is 21.0 Å². The van der Waals surface area contributed by atoms with Gasteiger partial charge in [0.1, 0.15) is 0 Å². The third kappa shape index (κ3) is 4.94. The van der Waals surface area contributed by atoms with E-state index in [2.05, 4.69) is 10.6 Å². The van der Waals surface area contributed by atoms with Crippen LogP contribution in [0.4, 0.5) is 10.5 Å². The average molecular weight is 317 g/mol. The molecule has 0 bridgehead atoms. The van der Waals surface area contributed by atoms with E-state index in [0.717, 1.165) is 0 Å². The number of carbonyl (C=O) groups excluding carboxylic acids is 1. The summed E-state index contributed by atoms with van der Waals surface area (Å²) in [5, 5.41) is 14.5. The van der Waals surface area contributed by atoms with Crippen LogP contribution >= 0.6 is 23.4 Å². The molecule has 0 radical (unpaired) electrons. The number of aromatic carboxylic acids is 1. The van der Waals surface area contributed by atoms with Gasteiger partial charge in [-0.1, -0.05) is 11.6 Å². The SMILES string of the molecule is CSC(C)(C)CNC(=O)Nc1cc(C(=O)O)ccc1Cl. The second-order valence-electron chi connectivity index (χ2n) is 4.77. The van der Waals surface area contributed by atoms with Crippen molar-refractivity contribution in [3.63, 3.8) is 0 Å². The molecule has 0 atom stereocenters. The Kier molecular flexibility index (Phi) is 5.71. The summed E-state index contributed by atoms with van der Waals surface area (Å²) in [4.78, 5) is 22.6. The molecule has 1 rings (SSSR count). The zero-order chi connectivity index (χ0) is 15.3. The molecule has 0 spiro atoms. The Balaban J connectivity index is 2.71. The fourth-order valence-corrected chi connectivity index (χ4v) is 1.67. The van der Waals surface area contributed by atoms with E-state index >= 15 is 0 Å². The number of carboxylic acid groups (broad SMARTS) is 1. The molecule has 0 heterocycles. The lowest BCUT2D eigenvalue weighted by molar-refractivity contribution is 0.0697. The van der Waals surface area contributed by atoms with Gasteiger partial charge in [-0.25, -0.2) is 9.59 Å². The van der Waals surface area contributed by atoms with Crippen molar-refractivity contribution in [2.75, 3.05) is 18.1 Å². The number of halogens is 1. The first-order valence-corrected chi connectivity index (χ1v) is 7.48. The number of carbonyl (C=O) groups is 2. The molecule has 1 aromatic carbocycles. The molecule has 0 aliphatic heterocycles. The maximum atomic E-state index is 11.8. The van der Waals surface area contributed by atoms with Crippen molar-refractivity contribution in [2.24, 2.45) is 0 Å². The van der Waals surface area contributed by atoms with Crippen LogP contribution in [0, 0.1) is 0 Å². The van der Waals surface area contributed by atoms with E-state index in [4.69, 9.17) is 16.7 Å². The van der Waals surface area contributed by atoms with Crippen LogP contribution in [0.3, 0.4) is 0 Å². The Morgan fingerprint density at radius 3 is 2.60 bits per heavy atom. The van der Waals surface area contributed by atoms with Crippen molar-refractivity contribution in [3.05, 3.63) is 28.8 Å². The van der Waals surface area contributed by atoms with E-state index in [1.807, 2.05) is 20.1 Å². The predicted molar refractivity (Wildman–Crippen MR) is 83.0 cm³/mol. The minimum Gasteiger partial charge on any atom is -0.478 e. The van der Waals surface area contributed by atoms with Crippen molar-refractivity contribution in [1.82, 2.24) is 5.32 Å². The van der Waals surface area contributed by atoms with E-state index in [1.54, 1.807) is 11.8 Å². The molecule has 0 fully saturated rings. The smallest absolute Gasteiger partial charge is 0.335 e. The number of rotatable bonds is 5. The zero-order valence-electron chi connectivity index (χ0n) is 11.5. The summed E-state index contributed by atoms with van der Waals surface area (Å²) < 4.78 is -0.0793. The minimum atomic E-state index is -1.08. The van der Waals surface area contributed by atoms with Gasteiger partial charge in [-0.05, 0) is 38.3 Å². The normalized spacial score (nSPS) is 11.0. The summed E-state index contributed by atoms with van der Waals surface area (Å²) in [7, 11) is 0. The number of carboxylic acids is 1. The molecule has 2 amide bonds. The summed E-state index contributed by atoms with van der Waals surface area (Å²) in [6.07, 6.45) is 1.97. The Morgan fingerprint density at radius 2 is 2.05 bits per heavy atom. The van der Waals surface area contributed by atoms with Crippen LogP contribution in [-0.4, -0.2) is 34.7 Å². The number of urea groups is 1. The number of anilines is 1. The maximum absolute atomic E-state index is 11.8. The molecule has 20 heavy (non-hydrogen) atoms. The van der Waals surface area contributed by atoms with Crippen molar-refractivity contribution >= 4 is 41.1 Å². The largest absolute Gasteiger partial charge is 0.478 e.